The van der Waals surface area contributed by atoms with Crippen LogP contribution in [-0.2, 0) is 18.3 Å². The Morgan fingerprint density at radius 1 is 1.00 bits per heavy atom. The summed E-state index contributed by atoms with van der Waals surface area (Å²) < 4.78 is 0. The second kappa shape index (κ2) is 7.63. The number of amides is 2. The Kier molecular flexibility index (Phi) is 5.10. The Balaban J connectivity index is 2.08. The topological polar surface area (TPSA) is 154 Å². The lowest BCUT2D eigenvalue weighted by Crippen LogP contribution is -2.38. The number of carbonyl (C=O) groups excluding carboxylic acids is 2. The Hall–Kier alpha value is -3.52. The molecule has 31 heavy (non-hydrogen) atoms. The van der Waals surface area contributed by atoms with Crippen molar-refractivity contribution in [1.82, 2.24) is 15.2 Å². The van der Waals surface area contributed by atoms with Gasteiger partial charge in [-0.1, -0.05) is 12.1 Å². The molecular weight excluding hydrogens is 392 g/mol. The molecule has 2 amide bonds. The second-order valence-corrected chi connectivity index (χ2v) is 8.32. The maximum absolute atomic E-state index is 11.8. The van der Waals surface area contributed by atoms with Crippen LogP contribution in [0.3, 0.4) is 0 Å². The first-order valence-electron chi connectivity index (χ1n) is 10.2. The number of aromatic nitrogens is 3. The Bertz CT molecular complexity index is 1120. The summed E-state index contributed by atoms with van der Waals surface area (Å²) >= 11 is 0. The number of hydrogen-bond acceptors (Lipinski definition) is 5. The number of benzene rings is 2. The molecule has 1 heterocycles. The number of nitrogens with two attached hydrogens (primary N) is 3. The average molecular weight is 419 g/mol. The van der Waals surface area contributed by atoms with E-state index in [9.17, 15) is 9.59 Å². The number of aromatic amines is 1. The molecule has 1 aromatic heterocycles. The van der Waals surface area contributed by atoms with Crippen LogP contribution in [0.1, 0.15) is 68.0 Å². The quantitative estimate of drug-likeness (QED) is 0.494. The van der Waals surface area contributed by atoms with Gasteiger partial charge < -0.3 is 22.2 Å². The Labute approximate surface area is 180 Å². The highest BCUT2D eigenvalue weighted by molar-refractivity contribution is 5.94. The number of rotatable bonds is 5. The molecule has 1 aliphatic carbocycles. The number of nitrogens with zero attached hydrogens (tertiary/aromatic N) is 2. The lowest BCUT2D eigenvalue weighted by atomic mass is 9.68. The summed E-state index contributed by atoms with van der Waals surface area (Å²) in [4.78, 5) is 27.0. The first-order chi connectivity index (χ1) is 14.7. The summed E-state index contributed by atoms with van der Waals surface area (Å²) in [6, 6.07) is 10.9. The standard InChI is InChI=1S/C23H26N6O2/c1-12(24)11-23(22-27-13(2)28-29-22)18-7-5-16(20(25)30)9-14(18)3-4-15-10-17(21(26)31)6-8-19(15)23/h5-10,12H,3-4,11,24H2,1-2H3,(H2,25,30)(H2,26,31)(H,27,28,29)/t12-/m1/s1. The average Bonchev–Trinajstić information content (AvgIpc) is 3.11. The van der Waals surface area contributed by atoms with Crippen LogP contribution in [0, 0.1) is 6.92 Å². The Morgan fingerprint density at radius 2 is 1.52 bits per heavy atom. The summed E-state index contributed by atoms with van der Waals surface area (Å²) in [6.07, 6.45) is 1.88. The third kappa shape index (κ3) is 3.48. The van der Waals surface area contributed by atoms with Crippen LogP contribution in [0.5, 0.6) is 0 Å². The van der Waals surface area contributed by atoms with Gasteiger partial charge in [0.25, 0.3) is 0 Å². The van der Waals surface area contributed by atoms with E-state index in [-0.39, 0.29) is 6.04 Å². The minimum absolute atomic E-state index is 0.171. The van der Waals surface area contributed by atoms with E-state index in [4.69, 9.17) is 17.2 Å². The first-order valence-corrected chi connectivity index (χ1v) is 10.2. The van der Waals surface area contributed by atoms with E-state index in [1.165, 1.54) is 0 Å². The van der Waals surface area contributed by atoms with Gasteiger partial charge in [-0.05, 0) is 79.6 Å². The van der Waals surface area contributed by atoms with Crippen LogP contribution in [0.15, 0.2) is 36.4 Å². The minimum atomic E-state index is -0.733. The number of nitrogens with one attached hydrogen (secondary N) is 1. The van der Waals surface area contributed by atoms with Gasteiger partial charge in [0.05, 0.1) is 5.41 Å². The molecule has 7 N–H and O–H groups in total. The molecule has 0 bridgehead atoms. The zero-order chi connectivity index (χ0) is 22.3. The molecule has 0 radical (unpaired) electrons. The first kappa shape index (κ1) is 20.7. The van der Waals surface area contributed by atoms with Gasteiger partial charge in [0, 0.05) is 17.2 Å². The van der Waals surface area contributed by atoms with Crippen molar-refractivity contribution >= 4 is 11.8 Å². The van der Waals surface area contributed by atoms with E-state index < -0.39 is 17.2 Å². The van der Waals surface area contributed by atoms with E-state index in [0.717, 1.165) is 22.3 Å². The predicted molar refractivity (Wildman–Crippen MR) is 117 cm³/mol. The third-order valence-electron chi connectivity index (χ3n) is 5.99. The second-order valence-electron chi connectivity index (χ2n) is 8.32. The van der Waals surface area contributed by atoms with Crippen molar-refractivity contribution in [3.8, 4) is 0 Å². The van der Waals surface area contributed by atoms with Crippen molar-refractivity contribution in [2.24, 2.45) is 17.2 Å². The summed E-state index contributed by atoms with van der Waals surface area (Å²) in [5, 5.41) is 8.69. The number of primary amides is 2. The van der Waals surface area contributed by atoms with Crippen LogP contribution in [-0.4, -0.2) is 33.0 Å². The van der Waals surface area contributed by atoms with Gasteiger partial charge >= 0.3 is 0 Å². The Morgan fingerprint density at radius 3 is 1.90 bits per heavy atom. The molecular formula is C23H26N6O2. The predicted octanol–water partition coefficient (Wildman–Crippen LogP) is 1.48. The normalized spacial score (nSPS) is 15.5. The molecule has 8 nitrogen and oxygen atoms in total. The molecule has 0 spiro atoms. The number of hydrogen-bond donors (Lipinski definition) is 4. The van der Waals surface area contributed by atoms with E-state index in [0.29, 0.717) is 42.0 Å². The molecule has 160 valence electrons. The van der Waals surface area contributed by atoms with Crippen molar-refractivity contribution in [1.29, 1.82) is 0 Å². The van der Waals surface area contributed by atoms with E-state index in [1.54, 1.807) is 12.1 Å². The van der Waals surface area contributed by atoms with Gasteiger partial charge in [0.1, 0.15) is 11.6 Å². The molecule has 0 saturated carbocycles. The number of H-pyrrole nitrogens is 1. The maximum atomic E-state index is 11.8. The van der Waals surface area contributed by atoms with Gasteiger partial charge in [-0.25, -0.2) is 0 Å². The minimum Gasteiger partial charge on any atom is -0.366 e. The van der Waals surface area contributed by atoms with Gasteiger partial charge in [0.2, 0.25) is 11.8 Å². The van der Waals surface area contributed by atoms with Crippen molar-refractivity contribution in [2.45, 2.75) is 44.6 Å². The van der Waals surface area contributed by atoms with Gasteiger partial charge in [-0.2, -0.15) is 0 Å². The molecule has 8 heteroatoms. The zero-order valence-electron chi connectivity index (χ0n) is 17.6. The molecule has 0 saturated heterocycles. The molecule has 1 aliphatic rings. The highest BCUT2D eigenvalue weighted by Gasteiger charge is 2.44. The molecule has 3 aromatic rings. The molecule has 4 rings (SSSR count). The molecule has 0 fully saturated rings. The van der Waals surface area contributed by atoms with Crippen molar-refractivity contribution < 1.29 is 9.59 Å². The SMILES string of the molecule is Cc1nnc(C2(C[C@@H](C)N)c3ccc(C(N)=O)cc3CCc3cc(C(N)=O)ccc32)[nH]1. The highest BCUT2D eigenvalue weighted by atomic mass is 16.1. The van der Waals surface area contributed by atoms with Crippen LogP contribution in [0.4, 0.5) is 0 Å². The van der Waals surface area contributed by atoms with Gasteiger partial charge in [-0.3, -0.25) is 9.59 Å². The number of aryl methyl sites for hydroxylation is 3. The fourth-order valence-electron chi connectivity index (χ4n) is 4.75. The molecule has 2 aromatic carbocycles. The third-order valence-corrected chi connectivity index (χ3v) is 5.99. The van der Waals surface area contributed by atoms with Crippen LogP contribution in [0.25, 0.3) is 0 Å². The van der Waals surface area contributed by atoms with Gasteiger partial charge in [0.15, 0.2) is 0 Å². The summed E-state index contributed by atoms with van der Waals surface area (Å²) in [5.74, 6) is 0.405. The summed E-state index contributed by atoms with van der Waals surface area (Å²) in [5.41, 5.74) is 21.6. The van der Waals surface area contributed by atoms with Crippen LogP contribution >= 0.6 is 0 Å². The van der Waals surface area contributed by atoms with Gasteiger partial charge in [-0.15, -0.1) is 10.2 Å². The smallest absolute Gasteiger partial charge is 0.248 e. The summed E-state index contributed by atoms with van der Waals surface area (Å²) in [7, 11) is 0. The number of fused-ring (bicyclic) bond motifs is 2. The zero-order valence-corrected chi connectivity index (χ0v) is 17.6. The highest BCUT2D eigenvalue weighted by Crippen LogP contribution is 2.46. The number of carbonyl (C=O) groups is 2. The van der Waals surface area contributed by atoms with Crippen LogP contribution in [0.2, 0.25) is 0 Å². The largest absolute Gasteiger partial charge is 0.366 e. The molecule has 0 aliphatic heterocycles. The lowest BCUT2D eigenvalue weighted by molar-refractivity contribution is 0.0991. The van der Waals surface area contributed by atoms with E-state index in [1.807, 2.05) is 38.1 Å². The van der Waals surface area contributed by atoms with Crippen molar-refractivity contribution in [2.75, 3.05) is 0 Å². The fraction of sp³-hybridized carbons (Fsp3) is 0.304. The maximum Gasteiger partial charge on any atom is 0.248 e. The molecule has 0 unspecified atom stereocenters. The lowest BCUT2D eigenvalue weighted by Gasteiger charge is -2.36. The fourth-order valence-corrected chi connectivity index (χ4v) is 4.75. The van der Waals surface area contributed by atoms with Crippen molar-refractivity contribution in [3.63, 3.8) is 0 Å². The van der Waals surface area contributed by atoms with E-state index in [2.05, 4.69) is 15.2 Å². The monoisotopic (exact) mass is 418 g/mol. The molecule has 1 atom stereocenters. The van der Waals surface area contributed by atoms with Crippen molar-refractivity contribution in [3.05, 3.63) is 81.4 Å². The van der Waals surface area contributed by atoms with E-state index >= 15 is 0 Å². The van der Waals surface area contributed by atoms with Crippen LogP contribution < -0.4 is 17.2 Å². The summed E-state index contributed by atoms with van der Waals surface area (Å²) in [6.45, 7) is 3.80.